The van der Waals surface area contributed by atoms with Crippen molar-refractivity contribution in [1.82, 2.24) is 25.0 Å². The second-order valence-electron chi connectivity index (χ2n) is 8.29. The minimum absolute atomic E-state index is 0. The van der Waals surface area contributed by atoms with E-state index in [9.17, 15) is 4.79 Å². The van der Waals surface area contributed by atoms with Gasteiger partial charge in [0.1, 0.15) is 0 Å². The summed E-state index contributed by atoms with van der Waals surface area (Å²) in [5.74, 6) is 1.16. The Morgan fingerprint density at radius 1 is 1.12 bits per heavy atom. The summed E-state index contributed by atoms with van der Waals surface area (Å²) in [4.78, 5) is 26.8. The molecular formula is C23H35IN6O2. The number of H-pyrrole nitrogens is 1. The van der Waals surface area contributed by atoms with E-state index in [2.05, 4.69) is 56.4 Å². The number of nitrogens with one attached hydrogen (secondary N) is 2. The molecule has 2 fully saturated rings. The number of fused-ring (bicyclic) bond motifs is 1. The summed E-state index contributed by atoms with van der Waals surface area (Å²) >= 11 is 0. The van der Waals surface area contributed by atoms with Gasteiger partial charge in [0, 0.05) is 70.0 Å². The molecule has 0 saturated carbocycles. The van der Waals surface area contributed by atoms with Gasteiger partial charge in [-0.15, -0.1) is 24.0 Å². The largest absolute Gasteiger partial charge is 0.378 e. The zero-order valence-corrected chi connectivity index (χ0v) is 21.4. The van der Waals surface area contributed by atoms with Crippen molar-refractivity contribution in [3.05, 3.63) is 35.5 Å². The van der Waals surface area contributed by atoms with Crippen LogP contribution in [-0.2, 0) is 16.0 Å². The molecule has 9 heteroatoms. The predicted molar refractivity (Wildman–Crippen MR) is 139 cm³/mol. The molecule has 1 aromatic heterocycles. The van der Waals surface area contributed by atoms with Crippen LogP contribution >= 0.6 is 24.0 Å². The maximum atomic E-state index is 12.5. The predicted octanol–water partition coefficient (Wildman–Crippen LogP) is 1.69. The summed E-state index contributed by atoms with van der Waals surface area (Å²) < 4.78 is 5.34. The fraction of sp³-hybridized carbons (Fsp3) is 0.565. The van der Waals surface area contributed by atoms with Gasteiger partial charge in [-0.2, -0.15) is 0 Å². The number of piperazine rings is 1. The van der Waals surface area contributed by atoms with Crippen molar-refractivity contribution in [1.29, 1.82) is 0 Å². The highest BCUT2D eigenvalue weighted by Gasteiger charge is 2.24. The number of hydrogen-bond acceptors (Lipinski definition) is 4. The molecule has 0 unspecified atom stereocenters. The standard InChI is InChI=1S/C23H34N6O2.HI/c1-18-4-3-5-20-19(16-26-22(18)20)6-7-25-23(24-2)29-10-8-27(9-11-29)17-21(30)28-12-14-31-15-13-28;/h3-5,16,26H,6-15,17H2,1-2H3,(H,24,25);1H. The molecule has 0 aliphatic carbocycles. The van der Waals surface area contributed by atoms with Crippen LogP contribution in [0.1, 0.15) is 11.1 Å². The fourth-order valence-corrected chi connectivity index (χ4v) is 4.43. The third kappa shape index (κ3) is 5.93. The van der Waals surface area contributed by atoms with E-state index in [4.69, 9.17) is 4.74 Å². The summed E-state index contributed by atoms with van der Waals surface area (Å²) in [7, 11) is 1.84. The van der Waals surface area contributed by atoms with Crippen LogP contribution in [0.15, 0.2) is 29.4 Å². The molecule has 2 aliphatic heterocycles. The van der Waals surface area contributed by atoms with Crippen molar-refractivity contribution in [2.45, 2.75) is 13.3 Å². The highest BCUT2D eigenvalue weighted by atomic mass is 127. The van der Waals surface area contributed by atoms with Crippen LogP contribution in [0.4, 0.5) is 0 Å². The van der Waals surface area contributed by atoms with E-state index in [1.165, 1.54) is 22.0 Å². The summed E-state index contributed by atoms with van der Waals surface area (Å²) in [6.07, 6.45) is 3.06. The number of carbonyl (C=O) groups excluding carboxylic acids is 1. The molecule has 4 rings (SSSR count). The van der Waals surface area contributed by atoms with Gasteiger partial charge in [-0.3, -0.25) is 14.7 Å². The Morgan fingerprint density at radius 3 is 2.59 bits per heavy atom. The van der Waals surface area contributed by atoms with Crippen LogP contribution < -0.4 is 5.32 Å². The number of guanidine groups is 1. The third-order valence-corrected chi connectivity index (χ3v) is 6.29. The van der Waals surface area contributed by atoms with E-state index in [-0.39, 0.29) is 29.9 Å². The van der Waals surface area contributed by atoms with Crippen LogP contribution in [-0.4, -0.2) is 104 Å². The lowest BCUT2D eigenvalue weighted by Crippen LogP contribution is -2.55. The Balaban J connectivity index is 0.00000289. The first-order valence-corrected chi connectivity index (χ1v) is 11.2. The lowest BCUT2D eigenvalue weighted by molar-refractivity contribution is -0.136. The first-order chi connectivity index (χ1) is 15.2. The van der Waals surface area contributed by atoms with E-state index in [1.807, 2.05) is 11.9 Å². The van der Waals surface area contributed by atoms with Gasteiger partial charge < -0.3 is 24.8 Å². The van der Waals surface area contributed by atoms with Crippen LogP contribution in [0.2, 0.25) is 0 Å². The van der Waals surface area contributed by atoms with Gasteiger partial charge in [0.2, 0.25) is 5.91 Å². The van der Waals surface area contributed by atoms with Gasteiger partial charge in [-0.1, -0.05) is 18.2 Å². The number of aryl methyl sites for hydroxylation is 1. The van der Waals surface area contributed by atoms with E-state index >= 15 is 0 Å². The van der Waals surface area contributed by atoms with Crippen molar-refractivity contribution in [3.63, 3.8) is 0 Å². The van der Waals surface area contributed by atoms with Crippen molar-refractivity contribution >= 4 is 46.7 Å². The van der Waals surface area contributed by atoms with Crippen LogP contribution in [0.3, 0.4) is 0 Å². The minimum atomic E-state index is 0. The molecule has 2 saturated heterocycles. The molecule has 2 N–H and O–H groups in total. The lowest BCUT2D eigenvalue weighted by Gasteiger charge is -2.37. The number of aromatic nitrogens is 1. The Kier molecular flexibility index (Phi) is 9.18. The molecule has 0 bridgehead atoms. The molecule has 3 heterocycles. The molecule has 0 atom stereocenters. The highest BCUT2D eigenvalue weighted by Crippen LogP contribution is 2.21. The number of morpholine rings is 1. The molecule has 2 aromatic rings. The zero-order chi connectivity index (χ0) is 21.6. The van der Waals surface area contributed by atoms with E-state index in [0.717, 1.165) is 45.1 Å². The molecule has 0 spiro atoms. The maximum absolute atomic E-state index is 12.5. The number of aliphatic imine (C=N–C) groups is 1. The quantitative estimate of drug-likeness (QED) is 0.335. The van der Waals surface area contributed by atoms with E-state index in [1.54, 1.807) is 0 Å². The SMILES string of the molecule is CN=C(NCCc1c[nH]c2c(C)cccc12)N1CCN(CC(=O)N2CCOCC2)CC1.I. The number of aromatic amines is 1. The third-order valence-electron chi connectivity index (χ3n) is 6.29. The molecule has 8 nitrogen and oxygen atoms in total. The smallest absolute Gasteiger partial charge is 0.236 e. The number of ether oxygens (including phenoxy) is 1. The number of benzene rings is 1. The van der Waals surface area contributed by atoms with Gasteiger partial charge in [-0.25, -0.2) is 0 Å². The normalized spacial score (nSPS) is 18.0. The summed E-state index contributed by atoms with van der Waals surface area (Å²) in [6.45, 7) is 9.71. The Morgan fingerprint density at radius 2 is 1.88 bits per heavy atom. The summed E-state index contributed by atoms with van der Waals surface area (Å²) in [5, 5.41) is 4.82. The second-order valence-corrected chi connectivity index (χ2v) is 8.29. The molecule has 176 valence electrons. The average molecular weight is 554 g/mol. The van der Waals surface area contributed by atoms with Gasteiger partial charge in [0.05, 0.1) is 19.8 Å². The fourth-order valence-electron chi connectivity index (χ4n) is 4.43. The zero-order valence-electron chi connectivity index (χ0n) is 19.1. The summed E-state index contributed by atoms with van der Waals surface area (Å²) in [6, 6.07) is 6.43. The Hall–Kier alpha value is -1.85. The Bertz CT molecular complexity index is 916. The van der Waals surface area contributed by atoms with Gasteiger partial charge >= 0.3 is 0 Å². The van der Waals surface area contributed by atoms with Crippen LogP contribution in [0.25, 0.3) is 10.9 Å². The number of hydrogen-bond donors (Lipinski definition) is 2. The number of carbonyl (C=O) groups is 1. The molecule has 0 radical (unpaired) electrons. The van der Waals surface area contributed by atoms with Crippen molar-refractivity contribution in [2.75, 3.05) is 72.6 Å². The number of rotatable bonds is 5. The number of halogens is 1. The van der Waals surface area contributed by atoms with E-state index < -0.39 is 0 Å². The molecule has 1 aromatic carbocycles. The monoisotopic (exact) mass is 554 g/mol. The topological polar surface area (TPSA) is 76.2 Å². The lowest BCUT2D eigenvalue weighted by atomic mass is 10.1. The molecular weight excluding hydrogens is 519 g/mol. The van der Waals surface area contributed by atoms with Gasteiger partial charge in [0.25, 0.3) is 0 Å². The van der Waals surface area contributed by atoms with Crippen molar-refractivity contribution < 1.29 is 9.53 Å². The first-order valence-electron chi connectivity index (χ1n) is 11.2. The number of amides is 1. The second kappa shape index (κ2) is 11.9. The highest BCUT2D eigenvalue weighted by molar-refractivity contribution is 14.0. The van der Waals surface area contributed by atoms with Crippen molar-refractivity contribution in [3.8, 4) is 0 Å². The van der Waals surface area contributed by atoms with Gasteiger partial charge in [-0.05, 0) is 24.5 Å². The van der Waals surface area contributed by atoms with E-state index in [0.29, 0.717) is 32.8 Å². The summed E-state index contributed by atoms with van der Waals surface area (Å²) in [5.41, 5.74) is 3.83. The Labute approximate surface area is 207 Å². The molecule has 1 amide bonds. The maximum Gasteiger partial charge on any atom is 0.236 e. The first kappa shape index (κ1) is 24.8. The molecule has 2 aliphatic rings. The number of para-hydroxylation sites is 1. The molecule has 32 heavy (non-hydrogen) atoms. The van der Waals surface area contributed by atoms with Crippen molar-refractivity contribution in [2.24, 2.45) is 4.99 Å². The number of nitrogens with zero attached hydrogens (tertiary/aromatic N) is 4. The minimum Gasteiger partial charge on any atom is -0.378 e. The average Bonchev–Trinajstić information content (AvgIpc) is 3.22. The van der Waals surface area contributed by atoms with Crippen LogP contribution in [0, 0.1) is 6.92 Å². The van der Waals surface area contributed by atoms with Gasteiger partial charge in [0.15, 0.2) is 5.96 Å². The van der Waals surface area contributed by atoms with Crippen LogP contribution in [0.5, 0.6) is 0 Å².